The van der Waals surface area contributed by atoms with Crippen molar-refractivity contribution in [1.82, 2.24) is 21.3 Å². The Balaban J connectivity index is 2.35. The van der Waals surface area contributed by atoms with E-state index in [1.807, 2.05) is 48.5 Å². The lowest BCUT2D eigenvalue weighted by Crippen LogP contribution is -2.58. The number of halogens is 2. The van der Waals surface area contributed by atoms with Crippen molar-refractivity contribution in [1.29, 1.82) is 0 Å². The SMILES string of the molecule is CC(=O)N[C@H](Cc1ccc(I)cc1)C(=O)N[C@@H](CCCN=C(N)N)C(=O)N[C@H](Cc1ccc(I)cc1)C(=O)N[C@@H](CCCN=C(N)N)C(N)=O. The summed E-state index contributed by atoms with van der Waals surface area (Å²) in [6, 6.07) is 10.4. The van der Waals surface area contributed by atoms with Gasteiger partial charge in [-0.05, 0) is 106 Å². The molecule has 16 nitrogen and oxygen atoms in total. The van der Waals surface area contributed by atoms with E-state index in [9.17, 15) is 24.0 Å². The Hall–Kier alpha value is -4.21. The van der Waals surface area contributed by atoms with E-state index in [0.717, 1.165) is 18.3 Å². The molecule has 0 aromatic heterocycles. The molecule has 0 aliphatic rings. The van der Waals surface area contributed by atoms with Gasteiger partial charge in [-0.25, -0.2) is 0 Å². The van der Waals surface area contributed by atoms with Gasteiger partial charge in [0.2, 0.25) is 29.5 Å². The quantitative estimate of drug-likeness (QED) is 0.0349. The van der Waals surface area contributed by atoms with Gasteiger partial charge in [-0.1, -0.05) is 24.3 Å². The van der Waals surface area contributed by atoms with Gasteiger partial charge in [0.05, 0.1) is 0 Å². The van der Waals surface area contributed by atoms with Crippen molar-refractivity contribution in [3.63, 3.8) is 0 Å². The van der Waals surface area contributed by atoms with Crippen molar-refractivity contribution in [3.8, 4) is 0 Å². The van der Waals surface area contributed by atoms with Crippen LogP contribution in [-0.4, -0.2) is 78.7 Å². The van der Waals surface area contributed by atoms with Crippen LogP contribution in [0.3, 0.4) is 0 Å². The van der Waals surface area contributed by atoms with Crippen molar-refractivity contribution in [2.45, 2.75) is 69.6 Å². The standard InChI is InChI=1S/C32H45I2N11O5/c1-18(46)42-25(16-19-6-10-21(33)11-7-19)29(49)44-24(5-3-15-41-32(38)39)28(48)45-26(17-20-8-12-22(34)13-9-20)30(50)43-23(27(35)47)4-2-14-40-31(36)37/h6-13,23-26H,2-5,14-17H2,1H3,(H2,35,47)(H,42,46)(H,43,50)(H,44,49)(H,45,48)(H4,36,37,40)(H4,38,39,41)/t23-,24-,25+,26+/m0/s1. The smallest absolute Gasteiger partial charge is 0.243 e. The lowest BCUT2D eigenvalue weighted by atomic mass is 10.0. The van der Waals surface area contributed by atoms with Crippen LogP contribution < -0.4 is 49.9 Å². The highest BCUT2D eigenvalue weighted by Gasteiger charge is 2.31. The molecule has 0 unspecified atom stereocenters. The second-order valence-corrected chi connectivity index (χ2v) is 13.9. The number of guanidine groups is 2. The Morgan fingerprint density at radius 3 is 1.34 bits per heavy atom. The van der Waals surface area contributed by atoms with Gasteiger partial charge < -0.3 is 49.9 Å². The van der Waals surface area contributed by atoms with Crippen LogP contribution in [0.15, 0.2) is 58.5 Å². The van der Waals surface area contributed by atoms with Crippen LogP contribution in [-0.2, 0) is 36.8 Å². The van der Waals surface area contributed by atoms with Crippen molar-refractivity contribution >= 4 is 86.6 Å². The van der Waals surface area contributed by atoms with Gasteiger partial charge in [0.15, 0.2) is 11.9 Å². The first-order valence-corrected chi connectivity index (χ1v) is 17.9. The van der Waals surface area contributed by atoms with E-state index in [2.05, 4.69) is 76.4 Å². The average Bonchev–Trinajstić information content (AvgIpc) is 3.04. The highest BCUT2D eigenvalue weighted by atomic mass is 127. The monoisotopic (exact) mass is 917 g/mol. The molecular formula is C32H45I2N11O5. The average molecular weight is 918 g/mol. The number of nitrogens with zero attached hydrogens (tertiary/aromatic N) is 2. The Morgan fingerprint density at radius 1 is 0.580 bits per heavy atom. The van der Waals surface area contributed by atoms with Crippen molar-refractivity contribution in [3.05, 3.63) is 66.8 Å². The van der Waals surface area contributed by atoms with Gasteiger partial charge in [0, 0.05) is 40.0 Å². The van der Waals surface area contributed by atoms with Gasteiger partial charge in [0.25, 0.3) is 0 Å². The summed E-state index contributed by atoms with van der Waals surface area (Å²) in [7, 11) is 0. The summed E-state index contributed by atoms with van der Waals surface area (Å²) in [5, 5.41) is 10.8. The third kappa shape index (κ3) is 16.5. The Labute approximate surface area is 318 Å². The molecule has 0 aliphatic heterocycles. The first-order valence-electron chi connectivity index (χ1n) is 15.7. The highest BCUT2D eigenvalue weighted by molar-refractivity contribution is 14.1. The summed E-state index contributed by atoms with van der Waals surface area (Å²) < 4.78 is 1.97. The molecule has 0 fully saturated rings. The number of aliphatic imine (C=N–C) groups is 2. The minimum atomic E-state index is -1.17. The van der Waals surface area contributed by atoms with E-state index < -0.39 is 53.7 Å². The summed E-state index contributed by atoms with van der Waals surface area (Å²) in [6.07, 6.45) is 1.12. The van der Waals surface area contributed by atoms with E-state index in [0.29, 0.717) is 12.8 Å². The fourth-order valence-corrected chi connectivity index (χ4v) is 5.47. The highest BCUT2D eigenvalue weighted by Crippen LogP contribution is 2.12. The summed E-state index contributed by atoms with van der Waals surface area (Å²) in [6.45, 7) is 1.68. The molecule has 272 valence electrons. The second-order valence-electron chi connectivity index (χ2n) is 11.4. The van der Waals surface area contributed by atoms with Crippen LogP contribution in [0.5, 0.6) is 0 Å². The zero-order chi connectivity index (χ0) is 37.2. The van der Waals surface area contributed by atoms with Crippen LogP contribution in [0.1, 0.15) is 43.7 Å². The van der Waals surface area contributed by atoms with E-state index in [4.69, 9.17) is 28.7 Å². The summed E-state index contributed by atoms with van der Waals surface area (Å²) in [5.41, 5.74) is 28.7. The number of primary amides is 1. The number of nitrogens with one attached hydrogen (secondary N) is 4. The molecular weight excluding hydrogens is 872 g/mol. The van der Waals surface area contributed by atoms with Gasteiger partial charge in [-0.15, -0.1) is 0 Å². The van der Waals surface area contributed by atoms with Crippen LogP contribution in [0.4, 0.5) is 0 Å². The van der Waals surface area contributed by atoms with E-state index in [1.165, 1.54) is 6.92 Å². The third-order valence-corrected chi connectivity index (χ3v) is 8.65. The number of benzene rings is 2. The molecule has 0 aliphatic carbocycles. The summed E-state index contributed by atoms with van der Waals surface area (Å²) in [5.74, 6) is -3.38. The summed E-state index contributed by atoms with van der Waals surface area (Å²) >= 11 is 4.31. The maximum Gasteiger partial charge on any atom is 0.243 e. The molecule has 14 N–H and O–H groups in total. The number of hydrogen-bond acceptors (Lipinski definition) is 7. The number of nitrogens with two attached hydrogens (primary N) is 5. The zero-order valence-corrected chi connectivity index (χ0v) is 32.0. The molecule has 18 heteroatoms. The fraction of sp³-hybridized carbons (Fsp3) is 0.406. The van der Waals surface area contributed by atoms with E-state index >= 15 is 0 Å². The minimum absolute atomic E-state index is 0.0595. The van der Waals surface area contributed by atoms with Gasteiger partial charge in [0.1, 0.15) is 24.2 Å². The van der Waals surface area contributed by atoms with Crippen LogP contribution in [0.25, 0.3) is 0 Å². The lowest BCUT2D eigenvalue weighted by molar-refractivity contribution is -0.134. The minimum Gasteiger partial charge on any atom is -0.370 e. The van der Waals surface area contributed by atoms with Crippen LogP contribution >= 0.6 is 45.2 Å². The van der Waals surface area contributed by atoms with E-state index in [-0.39, 0.29) is 50.7 Å². The molecule has 0 heterocycles. The molecule has 5 amide bonds. The molecule has 2 aromatic carbocycles. The predicted molar refractivity (Wildman–Crippen MR) is 208 cm³/mol. The van der Waals surface area contributed by atoms with E-state index in [1.54, 1.807) is 0 Å². The maximum absolute atomic E-state index is 13.9. The molecule has 4 atom stereocenters. The molecule has 0 saturated carbocycles. The molecule has 0 bridgehead atoms. The zero-order valence-electron chi connectivity index (χ0n) is 27.7. The molecule has 2 rings (SSSR count). The number of amides is 5. The molecule has 0 saturated heterocycles. The fourth-order valence-electron chi connectivity index (χ4n) is 4.75. The maximum atomic E-state index is 13.9. The normalized spacial score (nSPS) is 13.0. The number of carbonyl (C=O) groups is 5. The Kier molecular flexibility index (Phi) is 18.3. The lowest BCUT2D eigenvalue weighted by Gasteiger charge is -2.26. The predicted octanol–water partition coefficient (Wildman–Crippen LogP) is -0.767. The van der Waals surface area contributed by atoms with Crippen molar-refractivity contribution < 1.29 is 24.0 Å². The molecule has 2 aromatic rings. The van der Waals surface area contributed by atoms with Crippen LogP contribution in [0.2, 0.25) is 0 Å². The van der Waals surface area contributed by atoms with Crippen molar-refractivity contribution in [2.75, 3.05) is 13.1 Å². The topological polar surface area (TPSA) is 288 Å². The summed E-state index contributed by atoms with van der Waals surface area (Å²) in [4.78, 5) is 73.3. The number of hydrogen-bond donors (Lipinski definition) is 9. The Morgan fingerprint density at radius 2 is 0.940 bits per heavy atom. The molecule has 0 spiro atoms. The van der Waals surface area contributed by atoms with Gasteiger partial charge >= 0.3 is 0 Å². The number of carbonyl (C=O) groups excluding carboxylic acids is 5. The second kappa shape index (κ2) is 21.8. The largest absolute Gasteiger partial charge is 0.370 e. The van der Waals surface area contributed by atoms with Crippen LogP contribution in [0, 0.1) is 7.14 Å². The van der Waals surface area contributed by atoms with Crippen molar-refractivity contribution in [2.24, 2.45) is 38.7 Å². The molecule has 50 heavy (non-hydrogen) atoms. The van der Waals surface area contributed by atoms with Gasteiger partial charge in [-0.2, -0.15) is 0 Å². The first-order chi connectivity index (χ1) is 23.6. The Bertz CT molecular complexity index is 1510. The first kappa shape index (κ1) is 42.0. The number of rotatable bonds is 20. The third-order valence-electron chi connectivity index (χ3n) is 7.22. The van der Waals surface area contributed by atoms with Gasteiger partial charge in [-0.3, -0.25) is 34.0 Å². The molecule has 0 radical (unpaired) electrons.